The number of benzene rings is 1. The lowest BCUT2D eigenvalue weighted by Gasteiger charge is -2.28. The first kappa shape index (κ1) is 11.1. The van der Waals surface area contributed by atoms with Gasteiger partial charge in [0.1, 0.15) is 0 Å². The first-order chi connectivity index (χ1) is 7.24. The predicted molar refractivity (Wildman–Crippen MR) is 69.8 cm³/mol. The van der Waals surface area contributed by atoms with Crippen LogP contribution in [-0.4, -0.2) is 29.2 Å². The molecule has 0 bridgehead atoms. The zero-order valence-corrected chi connectivity index (χ0v) is 10.6. The maximum absolute atomic E-state index is 9.61. The molecule has 0 amide bonds. The van der Waals surface area contributed by atoms with Gasteiger partial charge in [0.25, 0.3) is 0 Å². The Morgan fingerprint density at radius 2 is 2.07 bits per heavy atom. The molecule has 1 aliphatic rings. The fourth-order valence-electron chi connectivity index (χ4n) is 1.82. The molecule has 3 heteroatoms. The molecule has 1 aromatic carbocycles. The molecule has 0 aromatic heterocycles. The summed E-state index contributed by atoms with van der Waals surface area (Å²) in [6.45, 7) is 2.60. The largest absolute Gasteiger partial charge is 0.388 e. The Bertz CT molecular complexity index is 350. The maximum Gasteiger partial charge on any atom is 0.0858 e. The molecule has 2 rings (SSSR count). The van der Waals surface area contributed by atoms with Crippen molar-refractivity contribution in [1.29, 1.82) is 0 Å². The third-order valence-electron chi connectivity index (χ3n) is 2.44. The van der Waals surface area contributed by atoms with Crippen LogP contribution in [0.2, 0.25) is 0 Å². The second-order valence-corrected chi connectivity index (χ2v) is 5.22. The Kier molecular flexibility index (Phi) is 3.77. The van der Waals surface area contributed by atoms with Crippen molar-refractivity contribution >= 4 is 22.6 Å². The highest BCUT2D eigenvalue weighted by Gasteiger charge is 2.16. The van der Waals surface area contributed by atoms with E-state index >= 15 is 0 Å². The van der Waals surface area contributed by atoms with Crippen molar-refractivity contribution in [1.82, 2.24) is 4.90 Å². The van der Waals surface area contributed by atoms with Gasteiger partial charge in [0, 0.05) is 23.2 Å². The molecule has 0 saturated carbocycles. The van der Waals surface area contributed by atoms with Crippen LogP contribution < -0.4 is 0 Å². The third-order valence-corrected chi connectivity index (χ3v) is 3.14. The Hall–Kier alpha value is -0.390. The van der Waals surface area contributed by atoms with Crippen molar-refractivity contribution in [3.63, 3.8) is 0 Å². The first-order valence-corrected chi connectivity index (χ1v) is 6.12. The van der Waals surface area contributed by atoms with Crippen LogP contribution in [0.25, 0.3) is 0 Å². The van der Waals surface area contributed by atoms with E-state index in [1.165, 1.54) is 9.14 Å². The van der Waals surface area contributed by atoms with E-state index in [9.17, 15) is 5.11 Å². The summed E-state index contributed by atoms with van der Waals surface area (Å²) in [5, 5.41) is 9.61. The van der Waals surface area contributed by atoms with Gasteiger partial charge >= 0.3 is 0 Å². The second-order valence-electron chi connectivity index (χ2n) is 3.84. The summed E-state index contributed by atoms with van der Waals surface area (Å²) in [6.07, 6.45) is 1.62. The molecule has 1 aromatic rings. The minimum atomic E-state index is -0.311. The molecule has 0 radical (unpaired) electrons. The summed E-state index contributed by atoms with van der Waals surface area (Å²) in [5.74, 6) is 0. The summed E-state index contributed by atoms with van der Waals surface area (Å²) >= 11 is 2.29. The molecule has 0 saturated heterocycles. The zero-order valence-electron chi connectivity index (χ0n) is 8.44. The number of aliphatic hydroxyl groups excluding tert-OH is 1. The van der Waals surface area contributed by atoms with Gasteiger partial charge < -0.3 is 5.11 Å². The lowest BCUT2D eigenvalue weighted by atomic mass is 10.1. The van der Waals surface area contributed by atoms with E-state index in [1.807, 2.05) is 12.1 Å². The van der Waals surface area contributed by atoms with Gasteiger partial charge in [0.15, 0.2) is 0 Å². The molecule has 0 spiro atoms. The normalized spacial score (nSPS) is 22.5. The lowest BCUT2D eigenvalue weighted by molar-refractivity contribution is 0.139. The molecular formula is C12H14INO. The molecule has 15 heavy (non-hydrogen) atoms. The number of hydrogen-bond acceptors (Lipinski definition) is 2. The average molecular weight is 315 g/mol. The highest BCUT2D eigenvalue weighted by atomic mass is 127. The van der Waals surface area contributed by atoms with Gasteiger partial charge in [-0.2, -0.15) is 0 Å². The van der Waals surface area contributed by atoms with E-state index in [4.69, 9.17) is 0 Å². The highest BCUT2D eigenvalue weighted by Crippen LogP contribution is 2.17. The minimum Gasteiger partial charge on any atom is -0.388 e. The van der Waals surface area contributed by atoms with Crippen LogP contribution in [0.15, 0.2) is 40.0 Å². The van der Waals surface area contributed by atoms with Crippen LogP contribution in [0.3, 0.4) is 0 Å². The Morgan fingerprint density at radius 3 is 2.73 bits per heavy atom. The number of rotatable bonds is 2. The fourth-order valence-corrected chi connectivity index (χ4v) is 2.72. The van der Waals surface area contributed by atoms with E-state index in [2.05, 4.69) is 51.8 Å². The molecule has 0 fully saturated rings. The van der Waals surface area contributed by atoms with Crippen molar-refractivity contribution < 1.29 is 5.11 Å². The van der Waals surface area contributed by atoms with E-state index < -0.39 is 0 Å². The van der Waals surface area contributed by atoms with Crippen molar-refractivity contribution in [2.75, 3.05) is 13.1 Å². The van der Waals surface area contributed by atoms with Crippen LogP contribution in [-0.2, 0) is 6.54 Å². The van der Waals surface area contributed by atoms with Crippen molar-refractivity contribution in [3.8, 4) is 0 Å². The number of hydrogen-bond donors (Lipinski definition) is 1. The summed E-state index contributed by atoms with van der Waals surface area (Å²) < 4.78 is 1.22. The van der Waals surface area contributed by atoms with E-state index in [-0.39, 0.29) is 6.10 Å². The lowest BCUT2D eigenvalue weighted by Crippen LogP contribution is -2.35. The second kappa shape index (κ2) is 5.09. The van der Waals surface area contributed by atoms with Gasteiger partial charge in [-0.1, -0.05) is 30.3 Å². The smallest absolute Gasteiger partial charge is 0.0858 e. The Morgan fingerprint density at radius 1 is 1.33 bits per heavy atom. The molecule has 0 aliphatic carbocycles. The quantitative estimate of drug-likeness (QED) is 0.846. The molecular weight excluding hydrogens is 301 g/mol. The van der Waals surface area contributed by atoms with Gasteiger partial charge in [-0.3, -0.25) is 4.90 Å². The average Bonchev–Trinajstić information content (AvgIpc) is 2.17. The van der Waals surface area contributed by atoms with Crippen molar-refractivity contribution in [3.05, 3.63) is 45.6 Å². The van der Waals surface area contributed by atoms with Crippen LogP contribution >= 0.6 is 22.6 Å². The molecule has 1 N–H and O–H groups in total. The SMILES string of the molecule is OC1C=C(I)CN(Cc2ccccc2)C1. The minimum absolute atomic E-state index is 0.311. The van der Waals surface area contributed by atoms with E-state index in [0.717, 1.165) is 19.6 Å². The molecule has 80 valence electrons. The van der Waals surface area contributed by atoms with Crippen LogP contribution in [0.5, 0.6) is 0 Å². The van der Waals surface area contributed by atoms with Gasteiger partial charge in [0.05, 0.1) is 6.10 Å². The summed E-state index contributed by atoms with van der Waals surface area (Å²) in [5.41, 5.74) is 1.30. The van der Waals surface area contributed by atoms with E-state index in [1.54, 1.807) is 0 Å². The summed E-state index contributed by atoms with van der Waals surface area (Å²) in [6, 6.07) is 10.4. The van der Waals surface area contributed by atoms with Crippen molar-refractivity contribution in [2.24, 2.45) is 0 Å². The topological polar surface area (TPSA) is 23.5 Å². The zero-order chi connectivity index (χ0) is 10.7. The van der Waals surface area contributed by atoms with Crippen LogP contribution in [0.4, 0.5) is 0 Å². The molecule has 1 unspecified atom stereocenters. The monoisotopic (exact) mass is 315 g/mol. The molecule has 1 aliphatic heterocycles. The van der Waals surface area contributed by atoms with Crippen LogP contribution in [0.1, 0.15) is 5.56 Å². The Balaban J connectivity index is 1.99. The van der Waals surface area contributed by atoms with E-state index in [0.29, 0.717) is 0 Å². The summed E-state index contributed by atoms with van der Waals surface area (Å²) in [4.78, 5) is 2.27. The number of nitrogens with zero attached hydrogens (tertiary/aromatic N) is 1. The van der Waals surface area contributed by atoms with Crippen molar-refractivity contribution in [2.45, 2.75) is 12.6 Å². The highest BCUT2D eigenvalue weighted by molar-refractivity contribution is 14.1. The number of halogens is 1. The van der Waals surface area contributed by atoms with Crippen LogP contribution in [0, 0.1) is 0 Å². The number of β-amino-alcohol motifs (C(OH)–C–C–N with tert-alkyl or cyclic N) is 1. The first-order valence-electron chi connectivity index (χ1n) is 5.04. The Labute approximate surface area is 104 Å². The maximum atomic E-state index is 9.61. The molecule has 1 heterocycles. The third kappa shape index (κ3) is 3.29. The van der Waals surface area contributed by atoms with Gasteiger partial charge in [0.2, 0.25) is 0 Å². The summed E-state index contributed by atoms with van der Waals surface area (Å²) in [7, 11) is 0. The number of aliphatic hydroxyl groups is 1. The molecule has 2 nitrogen and oxygen atoms in total. The molecule has 1 atom stereocenters. The van der Waals surface area contributed by atoms with Gasteiger partial charge in [-0.15, -0.1) is 0 Å². The van der Waals surface area contributed by atoms with Gasteiger partial charge in [-0.05, 0) is 34.2 Å². The van der Waals surface area contributed by atoms with Gasteiger partial charge in [-0.25, -0.2) is 0 Å². The predicted octanol–water partition coefficient (Wildman–Crippen LogP) is 2.18. The standard InChI is InChI=1S/C12H14INO/c13-11-6-12(15)9-14(8-11)7-10-4-2-1-3-5-10/h1-6,12,15H,7-9H2. The fraction of sp³-hybridized carbons (Fsp3) is 0.333.